The zero-order valence-electron chi connectivity index (χ0n) is 10.8. The summed E-state index contributed by atoms with van der Waals surface area (Å²) in [5.74, 6) is -0.709. The minimum Gasteiger partial charge on any atom is -0.481 e. The van der Waals surface area contributed by atoms with E-state index in [0.29, 0.717) is 34.6 Å². The number of aromatic nitrogens is 2. The summed E-state index contributed by atoms with van der Waals surface area (Å²) < 4.78 is 1.60. The van der Waals surface area contributed by atoms with E-state index in [2.05, 4.69) is 4.98 Å². The largest absolute Gasteiger partial charge is 0.481 e. The predicted molar refractivity (Wildman–Crippen MR) is 73.0 cm³/mol. The van der Waals surface area contributed by atoms with Crippen LogP contribution in [0.4, 0.5) is 0 Å². The van der Waals surface area contributed by atoms with E-state index in [1.54, 1.807) is 4.57 Å². The standard InChI is InChI=1S/C13H14N2O3S/c1-3-15-6(2)14-11-10(12(15)16)9-7(13(17)18)4-5-8(9)19-11/h7H,3-5H2,1-2H3,(H,17,18). The average Bonchev–Trinajstić information content (AvgIpc) is 2.86. The highest BCUT2D eigenvalue weighted by molar-refractivity contribution is 7.18. The number of carboxylic acids is 1. The molecular formula is C13H14N2O3S. The van der Waals surface area contributed by atoms with Gasteiger partial charge in [-0.1, -0.05) is 0 Å². The van der Waals surface area contributed by atoms with Gasteiger partial charge in [0, 0.05) is 11.4 Å². The van der Waals surface area contributed by atoms with Gasteiger partial charge in [-0.3, -0.25) is 14.2 Å². The molecule has 2 heterocycles. The quantitative estimate of drug-likeness (QED) is 0.910. The maximum Gasteiger partial charge on any atom is 0.311 e. The maximum absolute atomic E-state index is 12.5. The number of aryl methyl sites for hydroxylation is 2. The fourth-order valence-corrected chi connectivity index (χ4v) is 4.13. The van der Waals surface area contributed by atoms with Crippen LogP contribution in [-0.4, -0.2) is 20.6 Å². The zero-order valence-corrected chi connectivity index (χ0v) is 11.6. The van der Waals surface area contributed by atoms with Gasteiger partial charge < -0.3 is 5.11 Å². The Balaban J connectivity index is 2.39. The predicted octanol–water partition coefficient (Wildman–Crippen LogP) is 1.90. The van der Waals surface area contributed by atoms with Crippen molar-refractivity contribution in [2.75, 3.05) is 0 Å². The van der Waals surface area contributed by atoms with Crippen LogP contribution < -0.4 is 5.56 Å². The van der Waals surface area contributed by atoms with Crippen LogP contribution in [0.1, 0.15) is 35.5 Å². The van der Waals surface area contributed by atoms with Crippen molar-refractivity contribution in [3.63, 3.8) is 0 Å². The number of rotatable bonds is 2. The number of hydrogen-bond acceptors (Lipinski definition) is 4. The van der Waals surface area contributed by atoms with Gasteiger partial charge in [0.2, 0.25) is 0 Å². The lowest BCUT2D eigenvalue weighted by Crippen LogP contribution is -2.23. The van der Waals surface area contributed by atoms with Crippen molar-refractivity contribution in [2.24, 2.45) is 0 Å². The van der Waals surface area contributed by atoms with Crippen molar-refractivity contribution in [3.8, 4) is 0 Å². The van der Waals surface area contributed by atoms with Gasteiger partial charge in [-0.2, -0.15) is 0 Å². The molecule has 1 N–H and O–H groups in total. The summed E-state index contributed by atoms with van der Waals surface area (Å²) in [4.78, 5) is 30.0. The molecule has 0 saturated carbocycles. The molecule has 0 radical (unpaired) electrons. The van der Waals surface area contributed by atoms with Gasteiger partial charge in [0.05, 0.1) is 11.3 Å². The van der Waals surface area contributed by atoms with Gasteiger partial charge in [0.15, 0.2) is 0 Å². The third-order valence-corrected chi connectivity index (χ3v) is 4.90. The molecule has 19 heavy (non-hydrogen) atoms. The van der Waals surface area contributed by atoms with Crippen molar-refractivity contribution in [3.05, 3.63) is 26.6 Å². The van der Waals surface area contributed by atoms with Gasteiger partial charge in [0.1, 0.15) is 10.7 Å². The summed E-state index contributed by atoms with van der Waals surface area (Å²) in [6, 6.07) is 0. The molecule has 0 fully saturated rings. The monoisotopic (exact) mass is 278 g/mol. The van der Waals surface area contributed by atoms with Gasteiger partial charge in [-0.25, -0.2) is 4.98 Å². The molecule has 0 saturated heterocycles. The van der Waals surface area contributed by atoms with E-state index in [1.165, 1.54) is 11.3 Å². The molecule has 0 aromatic carbocycles. The first-order chi connectivity index (χ1) is 9.04. The number of aliphatic carboxylic acids is 1. The van der Waals surface area contributed by atoms with Crippen LogP contribution in [-0.2, 0) is 17.8 Å². The first-order valence-electron chi connectivity index (χ1n) is 6.30. The van der Waals surface area contributed by atoms with Crippen LogP contribution in [0, 0.1) is 6.92 Å². The number of nitrogens with zero attached hydrogens (tertiary/aromatic N) is 2. The highest BCUT2D eigenvalue weighted by Gasteiger charge is 2.34. The summed E-state index contributed by atoms with van der Waals surface area (Å²) >= 11 is 1.47. The van der Waals surface area contributed by atoms with Gasteiger partial charge >= 0.3 is 5.97 Å². The van der Waals surface area contributed by atoms with Crippen LogP contribution in [0.3, 0.4) is 0 Å². The summed E-state index contributed by atoms with van der Waals surface area (Å²) in [7, 11) is 0. The summed E-state index contributed by atoms with van der Waals surface area (Å²) in [5, 5.41) is 9.81. The minimum absolute atomic E-state index is 0.101. The van der Waals surface area contributed by atoms with E-state index < -0.39 is 11.9 Å². The Morgan fingerprint density at radius 2 is 2.32 bits per heavy atom. The lowest BCUT2D eigenvalue weighted by molar-refractivity contribution is -0.138. The van der Waals surface area contributed by atoms with Crippen LogP contribution in [0.15, 0.2) is 4.79 Å². The molecule has 6 heteroatoms. The molecule has 1 atom stereocenters. The van der Waals surface area contributed by atoms with Gasteiger partial charge in [-0.15, -0.1) is 11.3 Å². The summed E-state index contributed by atoms with van der Waals surface area (Å²) in [5.41, 5.74) is 0.614. The minimum atomic E-state index is -0.846. The Kier molecular flexibility index (Phi) is 2.70. The van der Waals surface area contributed by atoms with E-state index in [0.717, 1.165) is 11.3 Å². The molecule has 1 aliphatic carbocycles. The van der Waals surface area contributed by atoms with Gasteiger partial charge in [-0.05, 0) is 32.3 Å². The topological polar surface area (TPSA) is 72.2 Å². The van der Waals surface area contributed by atoms with E-state index in [4.69, 9.17) is 0 Å². The molecular weight excluding hydrogens is 264 g/mol. The third kappa shape index (κ3) is 1.63. The smallest absolute Gasteiger partial charge is 0.311 e. The molecule has 0 aliphatic heterocycles. The second-order valence-electron chi connectivity index (χ2n) is 4.76. The number of carbonyl (C=O) groups is 1. The molecule has 3 rings (SSSR count). The van der Waals surface area contributed by atoms with E-state index >= 15 is 0 Å². The van der Waals surface area contributed by atoms with Crippen LogP contribution in [0.5, 0.6) is 0 Å². The lowest BCUT2D eigenvalue weighted by atomic mass is 10.0. The zero-order chi connectivity index (χ0) is 13.7. The molecule has 2 aromatic rings. The first-order valence-corrected chi connectivity index (χ1v) is 7.11. The van der Waals surface area contributed by atoms with Crippen molar-refractivity contribution >= 4 is 27.5 Å². The normalized spacial score (nSPS) is 17.9. The molecule has 1 unspecified atom stereocenters. The van der Waals surface area contributed by atoms with Crippen molar-refractivity contribution in [2.45, 2.75) is 39.2 Å². The summed E-state index contributed by atoms with van der Waals surface area (Å²) in [6.07, 6.45) is 1.32. The SMILES string of the molecule is CCn1c(C)nc2sc3c(c2c1=O)C(C(=O)O)CC3. The number of fused-ring (bicyclic) bond motifs is 3. The van der Waals surface area contributed by atoms with Crippen molar-refractivity contribution in [1.29, 1.82) is 0 Å². The fraction of sp³-hybridized carbons (Fsp3) is 0.462. The molecule has 0 bridgehead atoms. The molecule has 1 aliphatic rings. The molecule has 0 amide bonds. The average molecular weight is 278 g/mol. The Hall–Kier alpha value is -1.69. The van der Waals surface area contributed by atoms with Crippen molar-refractivity contribution < 1.29 is 9.90 Å². The third-order valence-electron chi connectivity index (χ3n) is 3.74. The molecule has 0 spiro atoms. The maximum atomic E-state index is 12.5. The second kappa shape index (κ2) is 4.16. The second-order valence-corrected chi connectivity index (χ2v) is 5.84. The van der Waals surface area contributed by atoms with Crippen molar-refractivity contribution in [1.82, 2.24) is 9.55 Å². The first kappa shape index (κ1) is 12.3. The van der Waals surface area contributed by atoms with Crippen LogP contribution >= 0.6 is 11.3 Å². The number of carboxylic acid groups (broad SMARTS) is 1. The Morgan fingerprint density at radius 1 is 1.58 bits per heavy atom. The molecule has 5 nitrogen and oxygen atoms in total. The number of thiophene rings is 1. The van der Waals surface area contributed by atoms with E-state index in [9.17, 15) is 14.7 Å². The lowest BCUT2D eigenvalue weighted by Gasteiger charge is -2.08. The molecule has 100 valence electrons. The number of hydrogen-bond donors (Lipinski definition) is 1. The van der Waals surface area contributed by atoms with E-state index in [-0.39, 0.29) is 5.56 Å². The Labute approximate surface area is 113 Å². The molecule has 2 aromatic heterocycles. The Morgan fingerprint density at radius 3 is 2.95 bits per heavy atom. The highest BCUT2D eigenvalue weighted by atomic mass is 32.1. The highest BCUT2D eigenvalue weighted by Crippen LogP contribution is 2.42. The Bertz CT molecular complexity index is 744. The van der Waals surface area contributed by atoms with Crippen LogP contribution in [0.2, 0.25) is 0 Å². The fourth-order valence-electron chi connectivity index (χ4n) is 2.85. The summed E-state index contributed by atoms with van der Waals surface area (Å²) in [6.45, 7) is 4.25. The van der Waals surface area contributed by atoms with Crippen LogP contribution in [0.25, 0.3) is 10.2 Å². The van der Waals surface area contributed by atoms with Gasteiger partial charge in [0.25, 0.3) is 5.56 Å². The van der Waals surface area contributed by atoms with E-state index in [1.807, 2.05) is 13.8 Å².